The molecule has 0 aliphatic heterocycles. The molecule has 0 spiro atoms. The van der Waals surface area contributed by atoms with Gasteiger partial charge in [-0.15, -0.1) is 0 Å². The van der Waals surface area contributed by atoms with Crippen LogP contribution in [-0.2, 0) is 16.1 Å². The average Bonchev–Trinajstić information content (AvgIpc) is 2.59. The Hall–Kier alpha value is -3.22. The maximum atomic E-state index is 12.1. The Morgan fingerprint density at radius 2 is 1.57 bits per heavy atom. The van der Waals surface area contributed by atoms with E-state index in [1.165, 1.54) is 37.4 Å². The molecule has 0 N–H and O–H groups in total. The lowest BCUT2D eigenvalue weighted by molar-refractivity contribution is -0.385. The van der Waals surface area contributed by atoms with Gasteiger partial charge in [0.15, 0.2) is 0 Å². The van der Waals surface area contributed by atoms with Gasteiger partial charge < -0.3 is 9.47 Å². The second kappa shape index (κ2) is 7.17. The summed E-state index contributed by atoms with van der Waals surface area (Å²) in [6, 6.07) is 12.0. The van der Waals surface area contributed by atoms with Crippen LogP contribution in [0.5, 0.6) is 0 Å². The first-order valence-electron chi connectivity index (χ1n) is 6.61. The second-order valence-corrected chi connectivity index (χ2v) is 4.50. The van der Waals surface area contributed by atoms with Gasteiger partial charge in [-0.1, -0.05) is 24.3 Å². The van der Waals surface area contributed by atoms with Gasteiger partial charge >= 0.3 is 11.9 Å². The molecule has 0 saturated carbocycles. The molecule has 7 nitrogen and oxygen atoms in total. The maximum Gasteiger partial charge on any atom is 0.339 e. The largest absolute Gasteiger partial charge is 0.465 e. The van der Waals surface area contributed by atoms with E-state index < -0.39 is 16.9 Å². The molecular weight excluding hydrogens is 302 g/mol. The van der Waals surface area contributed by atoms with Gasteiger partial charge in [0.1, 0.15) is 6.61 Å². The lowest BCUT2D eigenvalue weighted by Gasteiger charge is -2.08. The van der Waals surface area contributed by atoms with E-state index in [0.717, 1.165) is 0 Å². The van der Waals surface area contributed by atoms with Crippen molar-refractivity contribution in [2.75, 3.05) is 7.11 Å². The van der Waals surface area contributed by atoms with Crippen molar-refractivity contribution in [2.45, 2.75) is 6.61 Å². The fraction of sp³-hybridized carbons (Fsp3) is 0.125. The van der Waals surface area contributed by atoms with Gasteiger partial charge in [0.2, 0.25) is 0 Å². The van der Waals surface area contributed by atoms with Crippen LogP contribution < -0.4 is 0 Å². The third-order valence-electron chi connectivity index (χ3n) is 3.10. The maximum absolute atomic E-state index is 12.1. The zero-order valence-corrected chi connectivity index (χ0v) is 12.2. The van der Waals surface area contributed by atoms with Crippen molar-refractivity contribution in [3.63, 3.8) is 0 Å². The number of nitro groups is 1. The summed E-state index contributed by atoms with van der Waals surface area (Å²) in [7, 11) is 1.21. The summed E-state index contributed by atoms with van der Waals surface area (Å²) >= 11 is 0. The number of para-hydroxylation sites is 1. The molecule has 0 radical (unpaired) electrons. The number of hydrogen-bond donors (Lipinski definition) is 0. The standard InChI is InChI=1S/C16H13NO6/c1-22-15(18)12-7-3-4-8-13(12)16(19)23-10-11-6-2-5-9-14(11)17(20)21/h2-9H,10H2,1H3. The van der Waals surface area contributed by atoms with E-state index in [0.29, 0.717) is 0 Å². The molecule has 0 amide bonds. The summed E-state index contributed by atoms with van der Waals surface area (Å²) in [5.74, 6) is -1.42. The minimum absolute atomic E-state index is 0.0398. The molecule has 7 heteroatoms. The minimum atomic E-state index is -0.760. The second-order valence-electron chi connectivity index (χ2n) is 4.50. The molecule has 2 aromatic rings. The molecule has 0 unspecified atom stereocenters. The summed E-state index contributed by atoms with van der Waals surface area (Å²) in [4.78, 5) is 34.2. The molecule has 0 aliphatic carbocycles. The van der Waals surface area contributed by atoms with E-state index in [-0.39, 0.29) is 29.0 Å². The zero-order valence-electron chi connectivity index (χ0n) is 12.2. The van der Waals surface area contributed by atoms with Crippen molar-refractivity contribution in [1.29, 1.82) is 0 Å². The summed E-state index contributed by atoms with van der Waals surface area (Å²) in [6.45, 7) is -0.272. The summed E-state index contributed by atoms with van der Waals surface area (Å²) in [6.07, 6.45) is 0. The smallest absolute Gasteiger partial charge is 0.339 e. The topological polar surface area (TPSA) is 95.7 Å². The van der Waals surface area contributed by atoms with E-state index >= 15 is 0 Å². The van der Waals surface area contributed by atoms with Crippen LogP contribution in [0.25, 0.3) is 0 Å². The first kappa shape index (κ1) is 16.2. The third kappa shape index (κ3) is 3.70. The summed E-state index contributed by atoms with van der Waals surface area (Å²) in [5.41, 5.74) is 0.239. The minimum Gasteiger partial charge on any atom is -0.465 e. The monoisotopic (exact) mass is 315 g/mol. The average molecular weight is 315 g/mol. The highest BCUT2D eigenvalue weighted by Gasteiger charge is 2.20. The van der Waals surface area contributed by atoms with Crippen LogP contribution in [0.1, 0.15) is 26.3 Å². The Balaban J connectivity index is 2.18. The van der Waals surface area contributed by atoms with Crippen LogP contribution in [0.2, 0.25) is 0 Å². The molecule has 0 fully saturated rings. The van der Waals surface area contributed by atoms with E-state index in [4.69, 9.17) is 4.74 Å². The Bertz CT molecular complexity index is 756. The van der Waals surface area contributed by atoms with Crippen molar-refractivity contribution >= 4 is 17.6 Å². The van der Waals surface area contributed by atoms with Crippen molar-refractivity contribution in [1.82, 2.24) is 0 Å². The Morgan fingerprint density at radius 3 is 2.17 bits per heavy atom. The van der Waals surface area contributed by atoms with Crippen LogP contribution in [0.15, 0.2) is 48.5 Å². The molecule has 0 atom stereocenters. The van der Waals surface area contributed by atoms with Gasteiger partial charge in [0, 0.05) is 6.07 Å². The quantitative estimate of drug-likeness (QED) is 0.478. The molecule has 0 aliphatic rings. The number of carbonyl (C=O) groups excluding carboxylic acids is 2. The van der Waals surface area contributed by atoms with Crippen LogP contribution in [0.3, 0.4) is 0 Å². The van der Waals surface area contributed by atoms with Crippen molar-refractivity contribution < 1.29 is 24.0 Å². The first-order valence-corrected chi connectivity index (χ1v) is 6.61. The normalized spacial score (nSPS) is 9.96. The van der Waals surface area contributed by atoms with E-state index in [1.54, 1.807) is 18.2 Å². The molecule has 0 aromatic heterocycles. The zero-order chi connectivity index (χ0) is 16.8. The van der Waals surface area contributed by atoms with Gasteiger partial charge in [-0.2, -0.15) is 0 Å². The molecule has 2 aromatic carbocycles. The summed E-state index contributed by atoms with van der Waals surface area (Å²) < 4.78 is 9.69. The molecule has 0 heterocycles. The predicted octanol–water partition coefficient (Wildman–Crippen LogP) is 2.74. The number of nitrogens with zero attached hydrogens (tertiary/aromatic N) is 1. The number of methoxy groups -OCH3 is 1. The fourth-order valence-electron chi connectivity index (χ4n) is 1.98. The highest BCUT2D eigenvalue weighted by Crippen LogP contribution is 2.19. The van der Waals surface area contributed by atoms with Crippen molar-refractivity contribution in [2.24, 2.45) is 0 Å². The van der Waals surface area contributed by atoms with E-state index in [2.05, 4.69) is 4.74 Å². The highest BCUT2D eigenvalue weighted by atomic mass is 16.6. The highest BCUT2D eigenvalue weighted by molar-refractivity contribution is 6.03. The van der Waals surface area contributed by atoms with Crippen LogP contribution in [0, 0.1) is 10.1 Å². The predicted molar refractivity (Wildman–Crippen MR) is 80.0 cm³/mol. The Morgan fingerprint density at radius 1 is 1.00 bits per heavy atom. The molecule has 23 heavy (non-hydrogen) atoms. The Kier molecular flexibility index (Phi) is 5.03. The molecule has 0 saturated heterocycles. The van der Waals surface area contributed by atoms with Gasteiger partial charge in [-0.3, -0.25) is 10.1 Å². The fourth-order valence-corrected chi connectivity index (χ4v) is 1.98. The molecule has 2 rings (SSSR count). The van der Waals surface area contributed by atoms with Crippen molar-refractivity contribution in [3.8, 4) is 0 Å². The van der Waals surface area contributed by atoms with Crippen LogP contribution >= 0.6 is 0 Å². The number of esters is 2. The van der Waals surface area contributed by atoms with Crippen LogP contribution in [0.4, 0.5) is 5.69 Å². The van der Waals surface area contributed by atoms with E-state index in [1.807, 2.05) is 0 Å². The third-order valence-corrected chi connectivity index (χ3v) is 3.10. The number of carbonyl (C=O) groups is 2. The molecular formula is C16H13NO6. The van der Waals surface area contributed by atoms with Gasteiger partial charge in [0.25, 0.3) is 5.69 Å². The van der Waals surface area contributed by atoms with Crippen LogP contribution in [-0.4, -0.2) is 24.0 Å². The Labute approximate surface area is 131 Å². The SMILES string of the molecule is COC(=O)c1ccccc1C(=O)OCc1ccccc1[N+](=O)[O-]. The van der Waals surface area contributed by atoms with Gasteiger partial charge in [-0.25, -0.2) is 9.59 Å². The van der Waals surface area contributed by atoms with E-state index in [9.17, 15) is 19.7 Å². The number of nitro benzene ring substituents is 1. The molecule has 118 valence electrons. The number of ether oxygens (including phenoxy) is 2. The summed E-state index contributed by atoms with van der Waals surface area (Å²) in [5, 5.41) is 10.9. The lowest BCUT2D eigenvalue weighted by Crippen LogP contribution is -2.13. The van der Waals surface area contributed by atoms with Crippen molar-refractivity contribution in [3.05, 3.63) is 75.3 Å². The first-order chi connectivity index (χ1) is 11.0. The number of hydrogen-bond acceptors (Lipinski definition) is 6. The van der Waals surface area contributed by atoms with Gasteiger partial charge in [0.05, 0.1) is 28.7 Å². The number of benzene rings is 2. The van der Waals surface area contributed by atoms with Gasteiger partial charge in [-0.05, 0) is 18.2 Å². The number of rotatable bonds is 5. The lowest BCUT2D eigenvalue weighted by atomic mass is 10.1. The molecule has 0 bridgehead atoms.